The molecule has 0 heterocycles. The van der Waals surface area contributed by atoms with Crippen molar-refractivity contribution < 1.29 is 9.59 Å². The van der Waals surface area contributed by atoms with E-state index in [2.05, 4.69) is 10.6 Å². The number of carbonyl (C=O) groups excluding carboxylic acids is 2. The summed E-state index contributed by atoms with van der Waals surface area (Å²) in [6.45, 7) is -0.180. The topological polar surface area (TPSA) is 58.2 Å². The highest BCUT2D eigenvalue weighted by molar-refractivity contribution is 6.36. The normalized spacial score (nSPS) is 10.1. The fourth-order valence-corrected chi connectivity index (χ4v) is 2.29. The third-order valence-corrected chi connectivity index (χ3v) is 3.51. The number of halogens is 3. The Morgan fingerprint density at radius 2 is 1.55 bits per heavy atom. The van der Waals surface area contributed by atoms with E-state index in [4.69, 9.17) is 34.8 Å². The van der Waals surface area contributed by atoms with Gasteiger partial charge in [0.05, 0.1) is 17.1 Å². The molecular formula is C15H11Cl3N2O2. The van der Waals surface area contributed by atoms with Gasteiger partial charge in [0.25, 0.3) is 5.91 Å². The molecule has 0 spiro atoms. The maximum Gasteiger partial charge on any atom is 0.253 e. The Morgan fingerprint density at radius 3 is 2.18 bits per heavy atom. The van der Waals surface area contributed by atoms with Crippen LogP contribution in [-0.2, 0) is 4.79 Å². The summed E-state index contributed by atoms with van der Waals surface area (Å²) in [5, 5.41) is 6.35. The molecule has 7 heteroatoms. The quantitative estimate of drug-likeness (QED) is 0.868. The van der Waals surface area contributed by atoms with E-state index in [1.54, 1.807) is 30.3 Å². The lowest BCUT2D eigenvalue weighted by Gasteiger charge is -2.08. The van der Waals surface area contributed by atoms with E-state index in [-0.39, 0.29) is 23.0 Å². The standard InChI is InChI=1S/C15H11Cl3N2O2/c16-9-1-4-11(5-2-9)20-14(21)8-19-15(22)12-6-3-10(17)7-13(12)18/h1-7H,8H2,(H,19,22)(H,20,21). The van der Waals surface area contributed by atoms with E-state index >= 15 is 0 Å². The average molecular weight is 358 g/mol. The summed E-state index contributed by atoms with van der Waals surface area (Å²) >= 11 is 17.4. The number of benzene rings is 2. The second kappa shape index (κ2) is 7.49. The number of amides is 2. The Kier molecular flexibility index (Phi) is 5.66. The van der Waals surface area contributed by atoms with Crippen molar-refractivity contribution in [2.75, 3.05) is 11.9 Å². The summed E-state index contributed by atoms with van der Waals surface area (Å²) in [6, 6.07) is 11.2. The van der Waals surface area contributed by atoms with Gasteiger partial charge in [-0.1, -0.05) is 34.8 Å². The SMILES string of the molecule is O=C(CNC(=O)c1ccc(Cl)cc1Cl)Nc1ccc(Cl)cc1. The predicted octanol–water partition coefficient (Wildman–Crippen LogP) is 4.02. The molecule has 2 rings (SSSR count). The lowest BCUT2D eigenvalue weighted by atomic mass is 10.2. The molecule has 2 aromatic carbocycles. The monoisotopic (exact) mass is 356 g/mol. The van der Waals surface area contributed by atoms with Gasteiger partial charge in [-0.15, -0.1) is 0 Å². The van der Waals surface area contributed by atoms with Gasteiger partial charge in [-0.25, -0.2) is 0 Å². The van der Waals surface area contributed by atoms with Crippen LogP contribution < -0.4 is 10.6 Å². The first-order valence-corrected chi connectivity index (χ1v) is 7.38. The van der Waals surface area contributed by atoms with E-state index < -0.39 is 5.91 Å². The maximum absolute atomic E-state index is 11.9. The molecular weight excluding hydrogens is 347 g/mol. The van der Waals surface area contributed by atoms with Crippen molar-refractivity contribution in [3.63, 3.8) is 0 Å². The first-order valence-electron chi connectivity index (χ1n) is 6.24. The molecule has 2 N–H and O–H groups in total. The number of hydrogen-bond donors (Lipinski definition) is 2. The summed E-state index contributed by atoms with van der Waals surface area (Å²) in [4.78, 5) is 23.7. The van der Waals surface area contributed by atoms with Gasteiger partial charge in [-0.3, -0.25) is 9.59 Å². The van der Waals surface area contributed by atoms with Crippen LogP contribution in [0, 0.1) is 0 Å². The molecule has 22 heavy (non-hydrogen) atoms. The van der Waals surface area contributed by atoms with Crippen LogP contribution in [0.3, 0.4) is 0 Å². The van der Waals surface area contributed by atoms with Crippen molar-refractivity contribution in [1.82, 2.24) is 5.32 Å². The fourth-order valence-electron chi connectivity index (χ4n) is 1.67. The Hall–Kier alpha value is -1.75. The van der Waals surface area contributed by atoms with Gasteiger partial charge in [-0.2, -0.15) is 0 Å². The Morgan fingerprint density at radius 1 is 0.909 bits per heavy atom. The highest BCUT2D eigenvalue weighted by Gasteiger charge is 2.12. The number of hydrogen-bond acceptors (Lipinski definition) is 2. The van der Waals surface area contributed by atoms with Crippen LogP contribution >= 0.6 is 34.8 Å². The minimum absolute atomic E-state index is 0.180. The molecule has 0 bridgehead atoms. The first-order chi connectivity index (χ1) is 10.5. The summed E-state index contributed by atoms with van der Waals surface area (Å²) in [7, 11) is 0. The van der Waals surface area contributed by atoms with Crippen molar-refractivity contribution in [1.29, 1.82) is 0 Å². The van der Waals surface area contributed by atoms with Crippen LogP contribution in [0.1, 0.15) is 10.4 Å². The van der Waals surface area contributed by atoms with Gasteiger partial charge < -0.3 is 10.6 Å². The molecule has 0 saturated carbocycles. The van der Waals surface area contributed by atoms with Gasteiger partial charge in [-0.05, 0) is 42.5 Å². The van der Waals surface area contributed by atoms with E-state index in [1.165, 1.54) is 12.1 Å². The zero-order chi connectivity index (χ0) is 16.1. The number of rotatable bonds is 4. The third-order valence-electron chi connectivity index (χ3n) is 2.71. The van der Waals surface area contributed by atoms with E-state index in [9.17, 15) is 9.59 Å². The molecule has 114 valence electrons. The zero-order valence-corrected chi connectivity index (χ0v) is 13.5. The predicted molar refractivity (Wildman–Crippen MR) is 88.9 cm³/mol. The van der Waals surface area contributed by atoms with Gasteiger partial charge in [0.15, 0.2) is 0 Å². The van der Waals surface area contributed by atoms with Crippen molar-refractivity contribution in [2.24, 2.45) is 0 Å². The molecule has 2 aromatic rings. The van der Waals surface area contributed by atoms with E-state index in [0.29, 0.717) is 15.7 Å². The smallest absolute Gasteiger partial charge is 0.253 e. The van der Waals surface area contributed by atoms with Gasteiger partial charge in [0.2, 0.25) is 5.91 Å². The van der Waals surface area contributed by atoms with Crippen LogP contribution in [-0.4, -0.2) is 18.4 Å². The van der Waals surface area contributed by atoms with Crippen molar-refractivity contribution in [2.45, 2.75) is 0 Å². The van der Waals surface area contributed by atoms with Gasteiger partial charge in [0.1, 0.15) is 0 Å². The minimum atomic E-state index is -0.451. The zero-order valence-electron chi connectivity index (χ0n) is 11.2. The molecule has 0 aromatic heterocycles. The molecule has 0 saturated heterocycles. The van der Waals surface area contributed by atoms with Crippen LogP contribution in [0.25, 0.3) is 0 Å². The molecule has 0 atom stereocenters. The molecule has 4 nitrogen and oxygen atoms in total. The van der Waals surface area contributed by atoms with Crippen LogP contribution in [0.5, 0.6) is 0 Å². The average Bonchev–Trinajstić information content (AvgIpc) is 2.47. The molecule has 0 aliphatic heterocycles. The Labute approximate surface area is 142 Å². The summed E-state index contributed by atoms with van der Waals surface area (Å²) in [5.41, 5.74) is 0.846. The number of carbonyl (C=O) groups is 2. The summed E-state index contributed by atoms with van der Waals surface area (Å²) in [5.74, 6) is -0.811. The molecule has 0 aliphatic carbocycles. The Balaban J connectivity index is 1.90. The summed E-state index contributed by atoms with van der Waals surface area (Å²) < 4.78 is 0. The van der Waals surface area contributed by atoms with Gasteiger partial charge in [0, 0.05) is 15.7 Å². The second-order valence-electron chi connectivity index (χ2n) is 4.36. The molecule has 0 fully saturated rings. The number of anilines is 1. The molecule has 2 amide bonds. The molecule has 0 unspecified atom stereocenters. The minimum Gasteiger partial charge on any atom is -0.343 e. The first kappa shape index (κ1) is 16.6. The van der Waals surface area contributed by atoms with Crippen LogP contribution in [0.2, 0.25) is 15.1 Å². The number of nitrogens with one attached hydrogen (secondary N) is 2. The van der Waals surface area contributed by atoms with Crippen molar-refractivity contribution in [3.8, 4) is 0 Å². The lowest BCUT2D eigenvalue weighted by molar-refractivity contribution is -0.115. The van der Waals surface area contributed by atoms with Crippen LogP contribution in [0.15, 0.2) is 42.5 Å². The Bertz CT molecular complexity index is 702. The lowest BCUT2D eigenvalue weighted by Crippen LogP contribution is -2.33. The van der Waals surface area contributed by atoms with E-state index in [0.717, 1.165) is 0 Å². The summed E-state index contributed by atoms with van der Waals surface area (Å²) in [6.07, 6.45) is 0. The molecule has 0 radical (unpaired) electrons. The fraction of sp³-hybridized carbons (Fsp3) is 0.0667. The maximum atomic E-state index is 11.9. The third kappa shape index (κ3) is 4.63. The van der Waals surface area contributed by atoms with E-state index in [1.807, 2.05) is 0 Å². The largest absolute Gasteiger partial charge is 0.343 e. The van der Waals surface area contributed by atoms with Crippen molar-refractivity contribution >= 4 is 52.3 Å². The van der Waals surface area contributed by atoms with Gasteiger partial charge >= 0.3 is 0 Å². The van der Waals surface area contributed by atoms with Crippen LogP contribution in [0.4, 0.5) is 5.69 Å². The highest BCUT2D eigenvalue weighted by Crippen LogP contribution is 2.20. The highest BCUT2D eigenvalue weighted by atomic mass is 35.5. The van der Waals surface area contributed by atoms with Crippen molar-refractivity contribution in [3.05, 3.63) is 63.1 Å². The second-order valence-corrected chi connectivity index (χ2v) is 5.64. The molecule has 0 aliphatic rings.